The molecule has 0 spiro atoms. The molecule has 4 aliphatic rings. The minimum Gasteiger partial charge on any atom is -0.455 e. The minimum atomic E-state index is -2.12. The smallest absolute Gasteiger partial charge is 0.455 e. The van der Waals surface area contributed by atoms with Crippen LogP contribution in [-0.2, 0) is 33.3 Å². The van der Waals surface area contributed by atoms with Crippen molar-refractivity contribution < 1.29 is 53.1 Å². The lowest BCUT2D eigenvalue weighted by Crippen LogP contribution is -2.80. The molecule has 1 aliphatic heterocycles. The highest BCUT2D eigenvalue weighted by atomic mass is 35.6. The summed E-state index contributed by atoms with van der Waals surface area (Å²) in [5.41, 5.74) is -6.18. The van der Waals surface area contributed by atoms with Gasteiger partial charge in [-0.05, 0) is 42.5 Å². The van der Waals surface area contributed by atoms with Crippen LogP contribution in [0.5, 0.6) is 0 Å². The van der Waals surface area contributed by atoms with Crippen molar-refractivity contribution in [2.75, 3.05) is 13.2 Å². The first-order valence-electron chi connectivity index (χ1n) is 15.3. The molecule has 9 atom stereocenters. The fraction of sp³-hybridized carbons (Fsp3) is 0.636. The van der Waals surface area contributed by atoms with Gasteiger partial charge in [-0.2, -0.15) is 0 Å². The van der Waals surface area contributed by atoms with E-state index in [1.807, 2.05) is 0 Å². The summed E-state index contributed by atoms with van der Waals surface area (Å²) in [6.45, 7) is 8.59. The molecular formula is C33H39Cl3O11. The summed E-state index contributed by atoms with van der Waals surface area (Å²) < 4.78 is 27.1. The normalized spacial score (nSPS) is 37.6. The fourth-order valence-electron chi connectivity index (χ4n) is 8.31. The lowest BCUT2D eigenvalue weighted by molar-refractivity contribution is -0.340. The summed E-state index contributed by atoms with van der Waals surface area (Å²) in [5.74, 6) is -3.90. The molecule has 2 saturated carbocycles. The third-order valence-electron chi connectivity index (χ3n) is 11.0. The highest BCUT2D eigenvalue weighted by Gasteiger charge is 2.77. The molecule has 0 aromatic heterocycles. The second-order valence-electron chi connectivity index (χ2n) is 13.8. The fourth-order valence-corrected chi connectivity index (χ4v) is 8.47. The van der Waals surface area contributed by atoms with Crippen molar-refractivity contribution >= 4 is 58.7 Å². The molecule has 1 aromatic carbocycles. The number of halogens is 3. The third-order valence-corrected chi connectivity index (χ3v) is 11.3. The van der Waals surface area contributed by atoms with Crippen LogP contribution in [-0.4, -0.2) is 86.7 Å². The van der Waals surface area contributed by atoms with Crippen molar-refractivity contribution in [1.29, 1.82) is 0 Å². The van der Waals surface area contributed by atoms with Crippen molar-refractivity contribution in [3.63, 3.8) is 0 Å². The molecule has 5 rings (SSSR count). The first-order valence-corrected chi connectivity index (χ1v) is 16.5. The number of Topliss-reactive ketones (excluding diaryl/α,β-unsaturated/α-hetero) is 1. The van der Waals surface area contributed by atoms with Gasteiger partial charge in [0, 0.05) is 24.2 Å². The number of aliphatic hydroxyl groups is 2. The molecule has 1 aromatic rings. The van der Waals surface area contributed by atoms with E-state index in [4.69, 9.17) is 58.5 Å². The summed E-state index contributed by atoms with van der Waals surface area (Å²) in [6, 6.07) is 8.12. The van der Waals surface area contributed by atoms with Crippen LogP contribution in [0.1, 0.15) is 64.7 Å². The maximum Gasteiger partial charge on any atom is 0.509 e. The van der Waals surface area contributed by atoms with Crippen LogP contribution in [0, 0.1) is 22.7 Å². The monoisotopic (exact) mass is 716 g/mol. The molecule has 0 amide bonds. The summed E-state index contributed by atoms with van der Waals surface area (Å²) >= 11 is 17.3. The van der Waals surface area contributed by atoms with Crippen LogP contribution in [0.15, 0.2) is 41.5 Å². The van der Waals surface area contributed by atoms with Gasteiger partial charge in [0.25, 0.3) is 0 Å². The molecule has 11 nitrogen and oxygen atoms in total. The summed E-state index contributed by atoms with van der Waals surface area (Å²) in [6.07, 6.45) is -6.73. The van der Waals surface area contributed by atoms with Gasteiger partial charge in [-0.15, -0.1) is 0 Å². The maximum atomic E-state index is 15.2. The van der Waals surface area contributed by atoms with E-state index in [0.29, 0.717) is 0 Å². The second-order valence-corrected chi connectivity index (χ2v) is 16.3. The van der Waals surface area contributed by atoms with E-state index in [9.17, 15) is 24.6 Å². The number of ether oxygens (including phenoxy) is 5. The van der Waals surface area contributed by atoms with E-state index in [1.165, 1.54) is 6.92 Å². The Labute approximate surface area is 287 Å². The first-order chi connectivity index (χ1) is 21.7. The molecule has 1 unspecified atom stereocenters. The van der Waals surface area contributed by atoms with Crippen molar-refractivity contribution in [2.45, 2.75) is 93.8 Å². The Morgan fingerprint density at radius 2 is 1.72 bits per heavy atom. The third kappa shape index (κ3) is 5.74. The van der Waals surface area contributed by atoms with E-state index < -0.39 is 92.6 Å². The van der Waals surface area contributed by atoms with Crippen LogP contribution in [0.2, 0.25) is 0 Å². The van der Waals surface area contributed by atoms with Crippen LogP contribution >= 0.6 is 34.8 Å². The maximum absolute atomic E-state index is 15.2. The highest BCUT2D eigenvalue weighted by Crippen LogP contribution is 2.65. The van der Waals surface area contributed by atoms with E-state index in [0.717, 1.165) is 0 Å². The number of aliphatic hydroxyl groups excluding tert-OH is 1. The van der Waals surface area contributed by atoms with Crippen molar-refractivity contribution in [2.24, 2.45) is 22.7 Å². The van der Waals surface area contributed by atoms with Crippen LogP contribution in [0.25, 0.3) is 0 Å². The summed E-state index contributed by atoms with van der Waals surface area (Å²) in [5, 5.41) is 24.5. The average Bonchev–Trinajstić information content (AvgIpc) is 2.97. The van der Waals surface area contributed by atoms with Gasteiger partial charge < -0.3 is 33.9 Å². The Kier molecular flexibility index (Phi) is 9.30. The SMILES string of the molecule is CC(=O)O[C@@]12CO[C@@H]1C[C@H](C)[C@@]1(C)C(=O)[C@H](OC(=O)OCC(Cl)(Cl)Cl)C3=C(C)[C@@H](O)CC(O)([C@@H](OC(=O)c4ccccc4)[C@H]21)C3(C)C. The number of ketones is 1. The molecule has 258 valence electrons. The molecule has 3 fully saturated rings. The molecule has 3 aliphatic carbocycles. The Balaban J connectivity index is 1.77. The number of fused-ring (bicyclic) bond motifs is 5. The van der Waals surface area contributed by atoms with Gasteiger partial charge in [0.1, 0.15) is 24.4 Å². The standard InChI is InChI=1S/C33H39Cl3O11/c1-16-12-21-31(14-43-21,47-18(3)37)24-26(46-27(40)19-10-8-7-9-11-19)32(42)13-20(38)17(2)22(29(32,4)5)23(25(39)30(16,24)6)45-28(41)44-15-33(34,35)36/h7-11,16,20-21,23-24,26,38,42H,12-15H2,1-6H3/t16-,20-,21+,23+,24-,26-,30+,31-,32?/m0/s1. The molecule has 0 radical (unpaired) electrons. The Morgan fingerprint density at radius 1 is 1.09 bits per heavy atom. The lowest BCUT2D eigenvalue weighted by atomic mass is 9.43. The zero-order chi connectivity index (χ0) is 34.9. The molecule has 1 heterocycles. The number of benzene rings is 1. The van der Waals surface area contributed by atoms with Gasteiger partial charge in [-0.1, -0.05) is 80.7 Å². The Hall–Kier alpha value is -2.41. The van der Waals surface area contributed by atoms with Gasteiger partial charge in [-0.25, -0.2) is 9.59 Å². The topological polar surface area (TPSA) is 155 Å². The largest absolute Gasteiger partial charge is 0.509 e. The number of esters is 2. The van der Waals surface area contributed by atoms with Gasteiger partial charge >= 0.3 is 18.1 Å². The quantitative estimate of drug-likeness (QED) is 0.185. The van der Waals surface area contributed by atoms with E-state index >= 15 is 4.79 Å². The number of hydrogen-bond donors (Lipinski definition) is 2. The second kappa shape index (κ2) is 12.2. The Bertz CT molecular complexity index is 1490. The lowest BCUT2D eigenvalue weighted by Gasteiger charge is -2.68. The predicted molar refractivity (Wildman–Crippen MR) is 169 cm³/mol. The molecule has 14 heteroatoms. The van der Waals surface area contributed by atoms with E-state index in [-0.39, 0.29) is 36.2 Å². The predicted octanol–water partition coefficient (Wildman–Crippen LogP) is 4.89. The Morgan fingerprint density at radius 3 is 2.28 bits per heavy atom. The molecule has 47 heavy (non-hydrogen) atoms. The molecule has 1 saturated heterocycles. The molecular weight excluding hydrogens is 679 g/mol. The molecule has 2 bridgehead atoms. The van der Waals surface area contributed by atoms with Crippen LogP contribution in [0.4, 0.5) is 4.79 Å². The average molecular weight is 718 g/mol. The number of alkyl halides is 3. The van der Waals surface area contributed by atoms with E-state index in [1.54, 1.807) is 65.0 Å². The number of carbonyl (C=O) groups excluding carboxylic acids is 4. The number of rotatable bonds is 5. The van der Waals surface area contributed by atoms with Gasteiger partial charge in [0.05, 0.1) is 24.2 Å². The van der Waals surface area contributed by atoms with E-state index in [2.05, 4.69) is 0 Å². The summed E-state index contributed by atoms with van der Waals surface area (Å²) in [4.78, 5) is 54.9. The van der Waals surface area contributed by atoms with Crippen LogP contribution < -0.4 is 0 Å². The van der Waals surface area contributed by atoms with Crippen molar-refractivity contribution in [3.8, 4) is 0 Å². The molecule has 2 N–H and O–H groups in total. The first kappa shape index (κ1) is 35.9. The zero-order valence-corrected chi connectivity index (χ0v) is 29.1. The number of carbonyl (C=O) groups is 4. The summed E-state index contributed by atoms with van der Waals surface area (Å²) in [7, 11) is 0. The van der Waals surface area contributed by atoms with Crippen LogP contribution in [0.3, 0.4) is 0 Å². The number of hydrogen-bond acceptors (Lipinski definition) is 11. The van der Waals surface area contributed by atoms with Crippen molar-refractivity contribution in [3.05, 3.63) is 47.0 Å². The zero-order valence-electron chi connectivity index (χ0n) is 26.9. The van der Waals surface area contributed by atoms with Crippen molar-refractivity contribution in [1.82, 2.24) is 0 Å². The van der Waals surface area contributed by atoms with Gasteiger partial charge in [0.2, 0.25) is 3.79 Å². The van der Waals surface area contributed by atoms with Gasteiger partial charge in [0.15, 0.2) is 17.5 Å². The minimum absolute atomic E-state index is 0.107. The highest BCUT2D eigenvalue weighted by molar-refractivity contribution is 6.67. The van der Waals surface area contributed by atoms with Gasteiger partial charge in [-0.3, -0.25) is 9.59 Å².